The highest BCUT2D eigenvalue weighted by atomic mass is 16.4. The minimum Gasteiger partial charge on any atom is -0.548 e. The number of aliphatic hydroxyl groups excluding tert-OH is 1. The highest BCUT2D eigenvalue weighted by Gasteiger charge is 2.44. The Morgan fingerprint density at radius 3 is 1.82 bits per heavy atom. The Labute approximate surface area is 376 Å². The summed E-state index contributed by atoms with van der Waals surface area (Å²) in [5.41, 5.74) is 16.2. The van der Waals surface area contributed by atoms with Gasteiger partial charge in [0.15, 0.2) is 6.04 Å². The fraction of sp³-hybridized carbons (Fsp3) is 0.523. The second kappa shape index (κ2) is 23.9. The molecule has 0 aromatic heterocycles. The average molecular weight is 905 g/mol. The van der Waals surface area contributed by atoms with Crippen LogP contribution >= 0.6 is 0 Å². The topological polar surface area (TPSA) is 331 Å². The summed E-state index contributed by atoms with van der Waals surface area (Å²) in [5, 5.41) is 32.4. The van der Waals surface area contributed by atoms with Crippen LogP contribution in [0.1, 0.15) is 62.5 Å². The van der Waals surface area contributed by atoms with Gasteiger partial charge < -0.3 is 56.7 Å². The Hall–Kier alpha value is -6.61. The van der Waals surface area contributed by atoms with Crippen LogP contribution in [0.5, 0.6) is 0 Å². The standard InChI is InChI=1S/C44H61N11O10/c45-29(15-7-19-48-44(46)47)40(61)55-22-10-18-35(55)42(63)54-21-8-16-33(54)38(59)49-25-36(57)50-30(23-27-11-3-1-4-12-27)37(58)52-32(26-56)41(62)53-20-9-17-34(53)39(60)51-31(43(64)65)24-28-13-5-2-6-14-28/h1-6,11-14,29-35,56H,7-10,15-26,45H2,(H,49,59)(H,50,57)(H,51,60)(H,52,58)(H,64,65)(H4,46,47,48)/p+1/t29-,30-,31-,32-,33-,34-,35-/m0/s1. The summed E-state index contributed by atoms with van der Waals surface area (Å²) < 4.78 is 0. The molecule has 3 fully saturated rings. The summed E-state index contributed by atoms with van der Waals surface area (Å²) in [4.78, 5) is 114. The molecule has 5 rings (SSSR count). The van der Waals surface area contributed by atoms with Crippen LogP contribution < -0.4 is 48.6 Å². The predicted octanol–water partition coefficient (Wildman–Crippen LogP) is -6.50. The van der Waals surface area contributed by atoms with Crippen molar-refractivity contribution in [2.24, 2.45) is 11.5 Å². The molecule has 21 heteroatoms. The molecular weight excluding hydrogens is 843 g/mol. The van der Waals surface area contributed by atoms with Crippen LogP contribution in [0, 0.1) is 0 Å². The molecule has 352 valence electrons. The van der Waals surface area contributed by atoms with Gasteiger partial charge in [0.05, 0.1) is 31.7 Å². The zero-order chi connectivity index (χ0) is 47.0. The first-order chi connectivity index (χ1) is 31.2. The maximum atomic E-state index is 13.9. The SMILES string of the molecule is NC(N)=[NH+]CCC[C@H]([NH3+])C(=O)N1CCC[C@H]1C(=O)N1CCC[C@H]1C(=O)NCC(=O)N[C@@H](Cc1ccccc1)C(=O)N[C@@H](CO)C(=O)N1CCC[C@H]1C(=O)N[C@@H](Cc1ccccc1)C(=O)[O-]. The van der Waals surface area contributed by atoms with Gasteiger partial charge in [-0.3, -0.25) is 50.0 Å². The Balaban J connectivity index is 1.18. The number of rotatable bonds is 21. The maximum absolute atomic E-state index is 13.9. The van der Waals surface area contributed by atoms with E-state index in [4.69, 9.17) is 11.5 Å². The van der Waals surface area contributed by atoms with Crippen molar-refractivity contribution in [3.63, 3.8) is 0 Å². The Kier molecular flexibility index (Phi) is 18.2. The number of hydrogen-bond donors (Lipinski definition) is 9. The van der Waals surface area contributed by atoms with Gasteiger partial charge in [0.2, 0.25) is 35.4 Å². The van der Waals surface area contributed by atoms with Crippen LogP contribution in [-0.4, -0.2) is 155 Å². The monoisotopic (exact) mass is 904 g/mol. The van der Waals surface area contributed by atoms with Gasteiger partial charge in [0.1, 0.15) is 30.2 Å². The molecule has 0 bridgehead atoms. The van der Waals surface area contributed by atoms with Gasteiger partial charge in [-0.05, 0) is 62.5 Å². The van der Waals surface area contributed by atoms with Crippen molar-refractivity contribution in [3.05, 3.63) is 71.8 Å². The molecule has 13 N–H and O–H groups in total. The van der Waals surface area contributed by atoms with Gasteiger partial charge >= 0.3 is 5.96 Å². The largest absolute Gasteiger partial charge is 0.548 e. The lowest BCUT2D eigenvalue weighted by Crippen LogP contribution is -2.78. The van der Waals surface area contributed by atoms with Gasteiger partial charge in [-0.25, -0.2) is 0 Å². The van der Waals surface area contributed by atoms with Crippen LogP contribution in [0.3, 0.4) is 0 Å². The summed E-state index contributed by atoms with van der Waals surface area (Å²) in [6.07, 6.45) is 3.48. The normalized spacial score (nSPS) is 19.9. The van der Waals surface area contributed by atoms with Crippen LogP contribution in [-0.2, 0) is 51.2 Å². The summed E-state index contributed by atoms with van der Waals surface area (Å²) in [5.74, 6) is -5.68. The summed E-state index contributed by atoms with van der Waals surface area (Å²) in [7, 11) is 0. The van der Waals surface area contributed by atoms with Gasteiger partial charge in [0, 0.05) is 32.5 Å². The Bertz CT molecular complexity index is 2040. The molecule has 3 heterocycles. The third-order valence-corrected chi connectivity index (χ3v) is 11.9. The Morgan fingerprint density at radius 1 is 0.708 bits per heavy atom. The number of guanidine groups is 1. The number of nitrogens with one attached hydrogen (secondary N) is 5. The number of aliphatic carboxylic acids is 1. The number of carbonyl (C=O) groups is 8. The third-order valence-electron chi connectivity index (χ3n) is 11.9. The molecule has 3 aliphatic rings. The van der Waals surface area contributed by atoms with E-state index >= 15 is 0 Å². The van der Waals surface area contributed by atoms with E-state index in [-0.39, 0.29) is 43.6 Å². The number of amides is 7. The minimum atomic E-state index is -1.53. The number of nitrogens with two attached hydrogens (primary N) is 2. The zero-order valence-corrected chi connectivity index (χ0v) is 36.5. The van der Waals surface area contributed by atoms with E-state index in [1.807, 2.05) is 0 Å². The number of hydrogen-bond acceptors (Lipinski definition) is 10. The molecule has 2 aromatic carbocycles. The van der Waals surface area contributed by atoms with Crippen molar-refractivity contribution in [1.82, 2.24) is 36.0 Å². The summed E-state index contributed by atoms with van der Waals surface area (Å²) in [6.45, 7) is -0.163. The molecule has 0 spiro atoms. The van der Waals surface area contributed by atoms with E-state index in [1.165, 1.54) is 14.7 Å². The van der Waals surface area contributed by atoms with E-state index in [2.05, 4.69) is 32.0 Å². The molecule has 7 atom stereocenters. The van der Waals surface area contributed by atoms with Crippen LogP contribution in [0.4, 0.5) is 0 Å². The number of likely N-dealkylation sites (tertiary alicyclic amines) is 3. The number of nitrogens with zero attached hydrogens (tertiary/aromatic N) is 3. The first-order valence-corrected chi connectivity index (χ1v) is 22.1. The first kappa shape index (κ1) is 49.4. The molecule has 65 heavy (non-hydrogen) atoms. The third kappa shape index (κ3) is 13.7. The predicted molar refractivity (Wildman–Crippen MR) is 231 cm³/mol. The molecule has 21 nitrogen and oxygen atoms in total. The molecule has 2 aromatic rings. The van der Waals surface area contributed by atoms with E-state index in [0.29, 0.717) is 75.7 Å². The molecular formula is C44H62N11O10+. The van der Waals surface area contributed by atoms with Crippen molar-refractivity contribution in [2.45, 2.75) is 107 Å². The van der Waals surface area contributed by atoms with E-state index in [1.54, 1.807) is 60.7 Å². The Morgan fingerprint density at radius 2 is 1.25 bits per heavy atom. The van der Waals surface area contributed by atoms with Gasteiger partial charge in [-0.15, -0.1) is 0 Å². The average Bonchev–Trinajstić information content (AvgIpc) is 4.11. The molecule has 3 saturated heterocycles. The van der Waals surface area contributed by atoms with Crippen molar-refractivity contribution in [2.75, 3.05) is 39.3 Å². The number of carbonyl (C=O) groups excluding carboxylic acids is 8. The number of aliphatic hydroxyl groups is 1. The van der Waals surface area contributed by atoms with E-state index in [0.717, 1.165) is 0 Å². The molecule has 0 radical (unpaired) electrons. The van der Waals surface area contributed by atoms with Gasteiger partial charge in [-0.1, -0.05) is 60.7 Å². The van der Waals surface area contributed by atoms with Crippen LogP contribution in [0.15, 0.2) is 60.7 Å². The van der Waals surface area contributed by atoms with Crippen LogP contribution in [0.2, 0.25) is 0 Å². The second-order valence-electron chi connectivity index (χ2n) is 16.6. The lowest BCUT2D eigenvalue weighted by Gasteiger charge is -2.31. The quantitative estimate of drug-likeness (QED) is 0.0321. The number of carboxylic acids is 1. The lowest BCUT2D eigenvalue weighted by atomic mass is 10.0. The number of quaternary nitrogens is 1. The van der Waals surface area contributed by atoms with Crippen LogP contribution in [0.25, 0.3) is 0 Å². The fourth-order valence-corrected chi connectivity index (χ4v) is 8.58. The highest BCUT2D eigenvalue weighted by Crippen LogP contribution is 2.26. The second-order valence-corrected chi connectivity index (χ2v) is 16.6. The molecule has 0 unspecified atom stereocenters. The highest BCUT2D eigenvalue weighted by molar-refractivity contribution is 5.97. The zero-order valence-electron chi connectivity index (χ0n) is 36.5. The van der Waals surface area contributed by atoms with E-state index in [9.17, 15) is 48.6 Å². The van der Waals surface area contributed by atoms with Crippen molar-refractivity contribution in [1.29, 1.82) is 0 Å². The van der Waals surface area contributed by atoms with E-state index < -0.39 is 90.9 Å². The van der Waals surface area contributed by atoms with Crippen molar-refractivity contribution < 1.29 is 59.3 Å². The smallest absolute Gasteiger partial charge is 0.338 e. The number of benzene rings is 2. The fourth-order valence-electron chi connectivity index (χ4n) is 8.58. The summed E-state index contributed by atoms with van der Waals surface area (Å²) in [6, 6.07) is 9.83. The van der Waals surface area contributed by atoms with Crippen molar-refractivity contribution >= 4 is 53.3 Å². The first-order valence-electron chi connectivity index (χ1n) is 22.1. The minimum absolute atomic E-state index is 0.0348. The number of carboxylic acid groups (broad SMARTS) is 1. The van der Waals surface area contributed by atoms with Gasteiger partial charge in [0.25, 0.3) is 5.91 Å². The molecule has 7 amide bonds. The molecule has 0 saturated carbocycles. The van der Waals surface area contributed by atoms with Gasteiger partial charge in [-0.2, -0.15) is 0 Å². The lowest BCUT2D eigenvalue weighted by molar-refractivity contribution is -0.463. The summed E-state index contributed by atoms with van der Waals surface area (Å²) >= 11 is 0. The maximum Gasteiger partial charge on any atom is 0.338 e. The molecule has 3 aliphatic heterocycles. The van der Waals surface area contributed by atoms with Crippen molar-refractivity contribution in [3.8, 4) is 0 Å². The molecule has 0 aliphatic carbocycles.